The van der Waals surface area contributed by atoms with E-state index in [-0.39, 0.29) is 5.76 Å². The molecule has 0 unspecified atom stereocenters. The Balaban J connectivity index is 1.81. The first-order chi connectivity index (χ1) is 9.06. The predicted molar refractivity (Wildman–Crippen MR) is 75.1 cm³/mol. The van der Waals surface area contributed by atoms with Crippen molar-refractivity contribution in [2.75, 3.05) is 6.54 Å². The van der Waals surface area contributed by atoms with Crippen molar-refractivity contribution < 1.29 is 14.3 Å². The lowest BCUT2D eigenvalue weighted by Gasteiger charge is -2.02. The highest BCUT2D eigenvalue weighted by molar-refractivity contribution is 7.16. The van der Waals surface area contributed by atoms with Crippen LogP contribution < -0.4 is 5.32 Å². The number of rotatable bonds is 6. The third-order valence-corrected chi connectivity index (χ3v) is 4.01. The molecule has 2 aromatic rings. The van der Waals surface area contributed by atoms with Gasteiger partial charge in [-0.05, 0) is 31.5 Å². The fraction of sp³-hybridized carbons (Fsp3) is 0.308. The Kier molecular flexibility index (Phi) is 4.63. The second kappa shape index (κ2) is 6.23. The number of halogens is 1. The third kappa shape index (κ3) is 3.83. The Morgan fingerprint density at radius 1 is 1.53 bits per heavy atom. The zero-order valence-electron chi connectivity index (χ0n) is 10.4. The molecule has 0 aliphatic rings. The van der Waals surface area contributed by atoms with Crippen LogP contribution in [0.25, 0.3) is 0 Å². The van der Waals surface area contributed by atoms with Gasteiger partial charge in [-0.2, -0.15) is 0 Å². The van der Waals surface area contributed by atoms with E-state index in [1.165, 1.54) is 4.88 Å². The average molecular weight is 300 g/mol. The number of carboxylic acid groups (broad SMARTS) is 1. The Bertz CT molecular complexity index is 576. The summed E-state index contributed by atoms with van der Waals surface area (Å²) >= 11 is 7.43. The van der Waals surface area contributed by atoms with Crippen molar-refractivity contribution in [3.05, 3.63) is 44.5 Å². The van der Waals surface area contributed by atoms with Crippen molar-refractivity contribution in [1.82, 2.24) is 5.32 Å². The summed E-state index contributed by atoms with van der Waals surface area (Å²) in [7, 11) is 0. The Labute approximate surface area is 120 Å². The monoisotopic (exact) mass is 299 g/mol. The molecule has 0 fully saturated rings. The molecule has 19 heavy (non-hydrogen) atoms. The van der Waals surface area contributed by atoms with Crippen LogP contribution in [0.4, 0.5) is 0 Å². The maximum Gasteiger partial charge on any atom is 0.371 e. The van der Waals surface area contributed by atoms with Crippen LogP contribution in [0.5, 0.6) is 0 Å². The SMILES string of the molecule is Cc1oc(C(=O)O)cc1CNCCc1ccc(Cl)s1. The minimum absolute atomic E-state index is 0.0145. The van der Waals surface area contributed by atoms with E-state index in [2.05, 4.69) is 5.32 Å². The summed E-state index contributed by atoms with van der Waals surface area (Å²) < 4.78 is 5.94. The number of nitrogens with one attached hydrogen (secondary N) is 1. The second-order valence-corrected chi connectivity index (χ2v) is 5.93. The molecule has 0 aliphatic carbocycles. The first-order valence-corrected chi connectivity index (χ1v) is 7.03. The lowest BCUT2D eigenvalue weighted by molar-refractivity contribution is 0.0661. The summed E-state index contributed by atoms with van der Waals surface area (Å²) in [5, 5.41) is 12.1. The van der Waals surface area contributed by atoms with Crippen LogP contribution in [0.15, 0.2) is 22.6 Å². The van der Waals surface area contributed by atoms with Gasteiger partial charge in [-0.1, -0.05) is 11.6 Å². The molecular weight excluding hydrogens is 286 g/mol. The minimum Gasteiger partial charge on any atom is -0.475 e. The summed E-state index contributed by atoms with van der Waals surface area (Å²) in [5.74, 6) is -0.411. The molecule has 0 radical (unpaired) electrons. The quantitative estimate of drug-likeness (QED) is 0.803. The lowest BCUT2D eigenvalue weighted by atomic mass is 10.2. The average Bonchev–Trinajstić information content (AvgIpc) is 2.92. The van der Waals surface area contributed by atoms with E-state index < -0.39 is 5.97 Å². The van der Waals surface area contributed by atoms with Gasteiger partial charge in [-0.25, -0.2) is 4.79 Å². The molecular formula is C13H14ClNO3S. The summed E-state index contributed by atoms with van der Waals surface area (Å²) in [5.41, 5.74) is 0.876. The molecule has 2 heterocycles. The van der Waals surface area contributed by atoms with Gasteiger partial charge >= 0.3 is 5.97 Å². The van der Waals surface area contributed by atoms with Crippen molar-refractivity contribution in [2.45, 2.75) is 19.9 Å². The van der Waals surface area contributed by atoms with E-state index in [1.54, 1.807) is 24.3 Å². The van der Waals surface area contributed by atoms with Crippen LogP contribution in [0, 0.1) is 6.92 Å². The molecule has 2 aromatic heterocycles. The molecule has 0 spiro atoms. The molecule has 6 heteroatoms. The number of carboxylic acids is 1. The number of aryl methyl sites for hydroxylation is 1. The van der Waals surface area contributed by atoms with Gasteiger partial charge in [0.05, 0.1) is 4.34 Å². The van der Waals surface area contributed by atoms with Gasteiger partial charge in [0.1, 0.15) is 5.76 Å². The number of thiophene rings is 1. The summed E-state index contributed by atoms with van der Waals surface area (Å²) in [4.78, 5) is 12.0. The number of carbonyl (C=O) groups is 1. The van der Waals surface area contributed by atoms with Crippen LogP contribution in [0.2, 0.25) is 4.34 Å². The van der Waals surface area contributed by atoms with Crippen molar-refractivity contribution in [2.24, 2.45) is 0 Å². The van der Waals surface area contributed by atoms with Crippen molar-refractivity contribution in [3.8, 4) is 0 Å². The highest BCUT2D eigenvalue weighted by Gasteiger charge is 2.12. The largest absolute Gasteiger partial charge is 0.475 e. The molecule has 0 amide bonds. The molecule has 2 rings (SSSR count). The highest BCUT2D eigenvalue weighted by Crippen LogP contribution is 2.21. The molecule has 0 saturated heterocycles. The summed E-state index contributed by atoms with van der Waals surface area (Å²) in [6.45, 7) is 3.17. The standard InChI is InChI=1S/C13H14ClNO3S/c1-8-9(6-11(18-8)13(16)17)7-15-5-4-10-2-3-12(14)19-10/h2-3,6,15H,4-5,7H2,1H3,(H,16,17). The van der Waals surface area contributed by atoms with Crippen LogP contribution in [-0.4, -0.2) is 17.6 Å². The topological polar surface area (TPSA) is 62.5 Å². The van der Waals surface area contributed by atoms with E-state index in [1.807, 2.05) is 12.1 Å². The van der Waals surface area contributed by atoms with Crippen molar-refractivity contribution in [1.29, 1.82) is 0 Å². The molecule has 4 nitrogen and oxygen atoms in total. The van der Waals surface area contributed by atoms with Gasteiger partial charge in [-0.3, -0.25) is 0 Å². The molecule has 0 bridgehead atoms. The Morgan fingerprint density at radius 3 is 2.89 bits per heavy atom. The van der Waals surface area contributed by atoms with Gasteiger partial charge in [0, 0.05) is 23.5 Å². The minimum atomic E-state index is -1.04. The van der Waals surface area contributed by atoms with Crippen LogP contribution in [-0.2, 0) is 13.0 Å². The van der Waals surface area contributed by atoms with Gasteiger partial charge in [-0.15, -0.1) is 11.3 Å². The maximum absolute atomic E-state index is 10.8. The Hall–Kier alpha value is -1.30. The normalized spacial score (nSPS) is 10.8. The van der Waals surface area contributed by atoms with Gasteiger partial charge in [0.2, 0.25) is 5.76 Å². The molecule has 0 aromatic carbocycles. The lowest BCUT2D eigenvalue weighted by Crippen LogP contribution is -2.16. The van der Waals surface area contributed by atoms with Crippen molar-refractivity contribution in [3.63, 3.8) is 0 Å². The van der Waals surface area contributed by atoms with E-state index in [0.717, 1.165) is 22.9 Å². The van der Waals surface area contributed by atoms with E-state index in [9.17, 15) is 4.79 Å². The zero-order valence-corrected chi connectivity index (χ0v) is 12.0. The number of furan rings is 1. The zero-order chi connectivity index (χ0) is 13.8. The third-order valence-electron chi connectivity index (χ3n) is 2.72. The fourth-order valence-electron chi connectivity index (χ4n) is 1.72. The predicted octanol–water partition coefficient (Wildman–Crippen LogP) is 3.33. The number of hydrogen-bond donors (Lipinski definition) is 2. The molecule has 2 N–H and O–H groups in total. The second-order valence-electron chi connectivity index (χ2n) is 4.13. The van der Waals surface area contributed by atoms with E-state index >= 15 is 0 Å². The smallest absolute Gasteiger partial charge is 0.371 e. The molecule has 0 atom stereocenters. The van der Waals surface area contributed by atoms with Crippen molar-refractivity contribution >= 4 is 28.9 Å². The van der Waals surface area contributed by atoms with Gasteiger partial charge < -0.3 is 14.8 Å². The van der Waals surface area contributed by atoms with Gasteiger partial charge in [0.15, 0.2) is 0 Å². The molecule has 0 aliphatic heterocycles. The molecule has 0 saturated carbocycles. The van der Waals surface area contributed by atoms with E-state index in [0.29, 0.717) is 12.3 Å². The number of aromatic carboxylic acids is 1. The van der Waals surface area contributed by atoms with Crippen LogP contribution in [0.3, 0.4) is 0 Å². The van der Waals surface area contributed by atoms with E-state index in [4.69, 9.17) is 21.1 Å². The number of hydrogen-bond acceptors (Lipinski definition) is 4. The summed E-state index contributed by atoms with van der Waals surface area (Å²) in [6.07, 6.45) is 0.903. The maximum atomic E-state index is 10.8. The highest BCUT2D eigenvalue weighted by atomic mass is 35.5. The first kappa shape index (κ1) is 14.1. The summed E-state index contributed by atoms with van der Waals surface area (Å²) in [6, 6.07) is 5.47. The van der Waals surface area contributed by atoms with Gasteiger partial charge in [0.25, 0.3) is 0 Å². The van der Waals surface area contributed by atoms with Crippen LogP contribution >= 0.6 is 22.9 Å². The first-order valence-electron chi connectivity index (χ1n) is 5.84. The Morgan fingerprint density at radius 2 is 2.32 bits per heavy atom. The molecule has 102 valence electrons. The fourth-order valence-corrected chi connectivity index (χ4v) is 2.81. The van der Waals surface area contributed by atoms with Crippen LogP contribution in [0.1, 0.15) is 26.8 Å².